The molecule has 0 radical (unpaired) electrons. The number of rotatable bonds is 6. The molecule has 0 atom stereocenters. The van der Waals surface area contributed by atoms with Crippen LogP contribution < -0.4 is 4.74 Å². The highest BCUT2D eigenvalue weighted by Crippen LogP contribution is 2.32. The molecule has 27 heavy (non-hydrogen) atoms. The molecular weight excluding hydrogens is 369 g/mol. The van der Waals surface area contributed by atoms with Crippen LogP contribution in [0.25, 0.3) is 11.1 Å². The van der Waals surface area contributed by atoms with Crippen molar-refractivity contribution in [1.29, 1.82) is 0 Å². The van der Waals surface area contributed by atoms with Gasteiger partial charge in [0.05, 0.1) is 24.4 Å². The van der Waals surface area contributed by atoms with Crippen LogP contribution in [-0.4, -0.2) is 37.1 Å². The van der Waals surface area contributed by atoms with Gasteiger partial charge in [0.1, 0.15) is 11.6 Å². The number of sulfonamides is 1. The van der Waals surface area contributed by atoms with Crippen LogP contribution in [0.2, 0.25) is 0 Å². The summed E-state index contributed by atoms with van der Waals surface area (Å²) in [5.41, 5.74) is 2.17. The second-order valence-electron chi connectivity index (χ2n) is 5.88. The number of ether oxygens (including phenoxy) is 1. The van der Waals surface area contributed by atoms with Crippen molar-refractivity contribution in [3.8, 4) is 16.9 Å². The molecule has 3 aromatic rings. The van der Waals surface area contributed by atoms with Gasteiger partial charge >= 0.3 is 0 Å². The van der Waals surface area contributed by atoms with Gasteiger partial charge in [-0.15, -0.1) is 0 Å². The Kier molecular flexibility index (Phi) is 5.48. The summed E-state index contributed by atoms with van der Waals surface area (Å²) in [6.45, 7) is 0.126. The molecule has 0 amide bonds. The minimum absolute atomic E-state index is 0.106. The summed E-state index contributed by atoms with van der Waals surface area (Å²) in [6.07, 6.45) is 3.13. The average Bonchev–Trinajstić information content (AvgIpc) is 2.69. The maximum Gasteiger partial charge on any atom is 0.243 e. The molecule has 1 aromatic heterocycles. The summed E-state index contributed by atoms with van der Waals surface area (Å²) in [5.74, 6) is 0.0504. The van der Waals surface area contributed by atoms with E-state index >= 15 is 0 Å². The van der Waals surface area contributed by atoms with Crippen molar-refractivity contribution in [3.63, 3.8) is 0 Å². The zero-order valence-electron chi connectivity index (χ0n) is 14.8. The standard InChI is InChI=1S/C19H18FN3O3S/c1-23(13-14-3-5-16(20)6-4-14)27(24,25)17-7-8-18(19(11-17)26-2)15-9-10-21-22-12-15/h3-12H,13H2,1-2H3. The predicted molar refractivity (Wildman–Crippen MR) is 99.1 cm³/mol. The van der Waals surface area contributed by atoms with E-state index in [0.29, 0.717) is 16.9 Å². The summed E-state index contributed by atoms with van der Waals surface area (Å²) in [4.78, 5) is 0.106. The highest BCUT2D eigenvalue weighted by atomic mass is 32.2. The topological polar surface area (TPSA) is 72.4 Å². The third-order valence-electron chi connectivity index (χ3n) is 4.09. The second kappa shape index (κ2) is 7.81. The zero-order chi connectivity index (χ0) is 19.4. The first-order chi connectivity index (χ1) is 12.9. The summed E-state index contributed by atoms with van der Waals surface area (Å²) >= 11 is 0. The number of aromatic nitrogens is 2. The van der Waals surface area contributed by atoms with E-state index in [0.717, 1.165) is 5.56 Å². The molecule has 0 aliphatic heterocycles. The first-order valence-corrected chi connectivity index (χ1v) is 9.51. The van der Waals surface area contributed by atoms with E-state index < -0.39 is 10.0 Å². The van der Waals surface area contributed by atoms with Crippen LogP contribution in [-0.2, 0) is 16.6 Å². The molecule has 140 valence electrons. The van der Waals surface area contributed by atoms with Crippen LogP contribution in [0.4, 0.5) is 4.39 Å². The first kappa shape index (κ1) is 18.9. The fourth-order valence-corrected chi connectivity index (χ4v) is 3.81. The largest absolute Gasteiger partial charge is 0.496 e. The lowest BCUT2D eigenvalue weighted by molar-refractivity contribution is 0.414. The van der Waals surface area contributed by atoms with Gasteiger partial charge in [-0.1, -0.05) is 12.1 Å². The lowest BCUT2D eigenvalue weighted by atomic mass is 10.1. The normalized spacial score (nSPS) is 11.6. The third-order valence-corrected chi connectivity index (χ3v) is 5.89. The van der Waals surface area contributed by atoms with Crippen molar-refractivity contribution >= 4 is 10.0 Å². The van der Waals surface area contributed by atoms with Gasteiger partial charge in [-0.3, -0.25) is 0 Å². The summed E-state index contributed by atoms with van der Waals surface area (Å²) < 4.78 is 45.4. The SMILES string of the molecule is COc1cc(S(=O)(=O)N(C)Cc2ccc(F)cc2)ccc1-c1ccnnc1. The first-order valence-electron chi connectivity index (χ1n) is 8.07. The highest BCUT2D eigenvalue weighted by molar-refractivity contribution is 7.89. The molecule has 0 saturated carbocycles. The van der Waals surface area contributed by atoms with Gasteiger partial charge in [0.2, 0.25) is 10.0 Å². The van der Waals surface area contributed by atoms with Crippen molar-refractivity contribution in [3.05, 3.63) is 72.3 Å². The van der Waals surface area contributed by atoms with Crippen LogP contribution in [0, 0.1) is 5.82 Å². The quantitative estimate of drug-likeness (QED) is 0.650. The molecule has 0 aliphatic carbocycles. The maximum absolute atomic E-state index is 13.0. The smallest absolute Gasteiger partial charge is 0.243 e. The molecule has 1 heterocycles. The van der Waals surface area contributed by atoms with E-state index in [1.165, 1.54) is 42.7 Å². The van der Waals surface area contributed by atoms with Crippen molar-refractivity contribution in [1.82, 2.24) is 14.5 Å². The minimum atomic E-state index is -3.75. The lowest BCUT2D eigenvalue weighted by Gasteiger charge is -2.18. The summed E-state index contributed by atoms with van der Waals surface area (Å²) in [7, 11) is -0.791. The molecule has 0 saturated heterocycles. The molecule has 0 unspecified atom stereocenters. The molecule has 0 fully saturated rings. The van der Waals surface area contributed by atoms with Crippen LogP contribution in [0.1, 0.15) is 5.56 Å². The van der Waals surface area contributed by atoms with Gasteiger partial charge in [0.25, 0.3) is 0 Å². The molecule has 8 heteroatoms. The third kappa shape index (κ3) is 4.12. The zero-order valence-corrected chi connectivity index (χ0v) is 15.6. The Morgan fingerprint density at radius 1 is 1.07 bits per heavy atom. The molecule has 0 bridgehead atoms. The molecule has 2 aromatic carbocycles. The molecule has 3 rings (SSSR count). The van der Waals surface area contributed by atoms with E-state index in [9.17, 15) is 12.8 Å². The molecular formula is C19H18FN3O3S. The Morgan fingerprint density at radius 3 is 2.44 bits per heavy atom. The van der Waals surface area contributed by atoms with Crippen LogP contribution in [0.5, 0.6) is 5.75 Å². The fourth-order valence-electron chi connectivity index (χ4n) is 2.63. The van der Waals surface area contributed by atoms with Gasteiger partial charge in [0.15, 0.2) is 0 Å². The highest BCUT2D eigenvalue weighted by Gasteiger charge is 2.22. The maximum atomic E-state index is 13.0. The van der Waals surface area contributed by atoms with Crippen molar-refractivity contribution in [2.45, 2.75) is 11.4 Å². The fraction of sp³-hybridized carbons (Fsp3) is 0.158. The van der Waals surface area contributed by atoms with Crippen molar-refractivity contribution in [2.75, 3.05) is 14.2 Å². The number of methoxy groups -OCH3 is 1. The van der Waals surface area contributed by atoms with E-state index in [1.807, 2.05) is 0 Å². The van der Waals surface area contributed by atoms with Gasteiger partial charge in [-0.25, -0.2) is 12.8 Å². The Labute approximate surface area is 157 Å². The Balaban J connectivity index is 1.91. The van der Waals surface area contributed by atoms with Gasteiger partial charge in [-0.2, -0.15) is 14.5 Å². The molecule has 0 aliphatic rings. The van der Waals surface area contributed by atoms with E-state index in [4.69, 9.17) is 4.74 Å². The van der Waals surface area contributed by atoms with Crippen LogP contribution in [0.15, 0.2) is 65.8 Å². The Morgan fingerprint density at radius 2 is 1.81 bits per heavy atom. The number of nitrogens with zero attached hydrogens (tertiary/aromatic N) is 3. The predicted octanol–water partition coefficient (Wildman–Crippen LogP) is 3.11. The van der Waals surface area contributed by atoms with E-state index in [2.05, 4.69) is 10.2 Å². The number of hydrogen-bond acceptors (Lipinski definition) is 5. The number of halogens is 1. The molecule has 6 nitrogen and oxygen atoms in total. The number of hydrogen-bond donors (Lipinski definition) is 0. The van der Waals surface area contributed by atoms with Gasteiger partial charge < -0.3 is 4.74 Å². The van der Waals surface area contributed by atoms with Crippen LogP contribution in [0.3, 0.4) is 0 Å². The summed E-state index contributed by atoms with van der Waals surface area (Å²) in [6, 6.07) is 12.2. The second-order valence-corrected chi connectivity index (χ2v) is 7.93. The van der Waals surface area contributed by atoms with E-state index in [-0.39, 0.29) is 17.3 Å². The Hall–Kier alpha value is -2.84. The Bertz CT molecular complexity index is 1030. The van der Waals surface area contributed by atoms with Crippen molar-refractivity contribution < 1.29 is 17.5 Å². The van der Waals surface area contributed by atoms with Gasteiger partial charge in [0, 0.05) is 30.8 Å². The number of benzene rings is 2. The average molecular weight is 387 g/mol. The summed E-state index contributed by atoms with van der Waals surface area (Å²) in [5, 5.41) is 7.57. The monoisotopic (exact) mass is 387 g/mol. The van der Waals surface area contributed by atoms with Crippen LogP contribution >= 0.6 is 0 Å². The van der Waals surface area contributed by atoms with Crippen molar-refractivity contribution in [2.24, 2.45) is 0 Å². The minimum Gasteiger partial charge on any atom is -0.496 e. The molecule has 0 spiro atoms. The van der Waals surface area contributed by atoms with Gasteiger partial charge in [-0.05, 0) is 35.9 Å². The molecule has 0 N–H and O–H groups in total. The van der Waals surface area contributed by atoms with E-state index in [1.54, 1.807) is 36.7 Å². The lowest BCUT2D eigenvalue weighted by Crippen LogP contribution is -2.26.